The molecule has 0 aromatic heterocycles. The second-order valence-electron chi connectivity index (χ2n) is 11.8. The molecule has 3 aromatic carbocycles. The van der Waals surface area contributed by atoms with E-state index in [1.165, 1.54) is 55.3 Å². The van der Waals surface area contributed by atoms with Gasteiger partial charge in [-0.2, -0.15) is 0 Å². The first kappa shape index (κ1) is 30.3. The fourth-order valence-electron chi connectivity index (χ4n) is 5.47. The van der Waals surface area contributed by atoms with E-state index >= 15 is 0 Å². The molecule has 1 aliphatic carbocycles. The monoisotopic (exact) mass is 589 g/mol. The SMILES string of the molecule is CN(C)S(=O)(=O)c1ccc(CCNC(=O)c2ccc3c(c2)Cc2cccc(c2)CN(CC2CC2)CCCCCO3)cc1. The minimum Gasteiger partial charge on any atom is -0.493 e. The molecule has 1 heterocycles. The molecule has 0 radical (unpaired) electrons. The van der Waals surface area contributed by atoms with Crippen molar-refractivity contribution >= 4 is 15.9 Å². The summed E-state index contributed by atoms with van der Waals surface area (Å²) in [5.41, 5.74) is 5.15. The van der Waals surface area contributed by atoms with Crippen LogP contribution in [0.5, 0.6) is 5.75 Å². The number of nitrogens with one attached hydrogen (secondary N) is 1. The Kier molecular flexibility index (Phi) is 9.98. The van der Waals surface area contributed by atoms with Gasteiger partial charge in [-0.3, -0.25) is 9.69 Å². The lowest BCUT2D eigenvalue weighted by atomic mass is 9.99. The molecule has 2 bridgehead atoms. The fraction of sp³-hybridized carbons (Fsp3) is 0.441. The topological polar surface area (TPSA) is 79.0 Å². The third kappa shape index (κ3) is 8.21. The summed E-state index contributed by atoms with van der Waals surface area (Å²) in [6, 6.07) is 21.4. The number of carbonyl (C=O) groups is 1. The van der Waals surface area contributed by atoms with Crippen molar-refractivity contribution < 1.29 is 17.9 Å². The largest absolute Gasteiger partial charge is 0.493 e. The van der Waals surface area contributed by atoms with Crippen molar-refractivity contribution in [2.75, 3.05) is 40.3 Å². The summed E-state index contributed by atoms with van der Waals surface area (Å²) in [5.74, 6) is 1.59. The highest BCUT2D eigenvalue weighted by molar-refractivity contribution is 7.89. The summed E-state index contributed by atoms with van der Waals surface area (Å²) in [4.78, 5) is 16.0. The van der Waals surface area contributed by atoms with Crippen LogP contribution in [0, 0.1) is 5.92 Å². The molecule has 0 atom stereocenters. The number of rotatable bonds is 8. The first-order chi connectivity index (χ1) is 20.3. The molecule has 1 aliphatic heterocycles. The Morgan fingerprint density at radius 3 is 2.52 bits per heavy atom. The molecule has 1 saturated carbocycles. The quantitative estimate of drug-likeness (QED) is 0.387. The van der Waals surface area contributed by atoms with E-state index in [0.29, 0.717) is 31.6 Å². The molecular formula is C34H43N3O4S. The van der Waals surface area contributed by atoms with Gasteiger partial charge in [0.05, 0.1) is 11.5 Å². The second kappa shape index (κ2) is 13.8. The van der Waals surface area contributed by atoms with Crippen LogP contribution in [-0.2, 0) is 29.4 Å². The third-order valence-electron chi connectivity index (χ3n) is 8.11. The van der Waals surface area contributed by atoms with Crippen molar-refractivity contribution in [2.45, 2.75) is 56.4 Å². The van der Waals surface area contributed by atoms with Gasteiger partial charge in [0.15, 0.2) is 0 Å². The molecule has 7 nitrogen and oxygen atoms in total. The Morgan fingerprint density at radius 1 is 0.976 bits per heavy atom. The average Bonchev–Trinajstić information content (AvgIpc) is 3.79. The molecule has 1 N–H and O–H groups in total. The van der Waals surface area contributed by atoms with E-state index in [0.717, 1.165) is 48.7 Å². The van der Waals surface area contributed by atoms with Gasteiger partial charge < -0.3 is 10.1 Å². The van der Waals surface area contributed by atoms with Crippen molar-refractivity contribution in [2.24, 2.45) is 5.92 Å². The maximum absolute atomic E-state index is 13.1. The van der Waals surface area contributed by atoms with E-state index in [1.807, 2.05) is 18.2 Å². The Labute approximate surface area is 250 Å². The zero-order valence-electron chi connectivity index (χ0n) is 24.8. The Morgan fingerprint density at radius 2 is 1.76 bits per heavy atom. The van der Waals surface area contributed by atoms with Crippen LogP contribution >= 0.6 is 0 Å². The predicted octanol–water partition coefficient (Wildman–Crippen LogP) is 5.27. The van der Waals surface area contributed by atoms with Gasteiger partial charge in [-0.25, -0.2) is 12.7 Å². The molecule has 0 saturated heterocycles. The number of ether oxygens (including phenoxy) is 1. The van der Waals surface area contributed by atoms with E-state index in [1.54, 1.807) is 24.3 Å². The zero-order valence-corrected chi connectivity index (χ0v) is 25.7. The number of fused-ring (bicyclic) bond motifs is 3. The maximum Gasteiger partial charge on any atom is 0.251 e. The summed E-state index contributed by atoms with van der Waals surface area (Å²) < 4.78 is 32.0. The Hall–Kier alpha value is -3.20. The van der Waals surface area contributed by atoms with Gasteiger partial charge in [-0.05, 0) is 104 Å². The molecule has 5 rings (SSSR count). The van der Waals surface area contributed by atoms with E-state index in [2.05, 4.69) is 34.5 Å². The van der Waals surface area contributed by atoms with E-state index in [-0.39, 0.29) is 10.8 Å². The van der Waals surface area contributed by atoms with Gasteiger partial charge in [-0.1, -0.05) is 36.4 Å². The lowest BCUT2D eigenvalue weighted by Crippen LogP contribution is -2.27. The molecule has 1 amide bonds. The number of benzene rings is 3. The summed E-state index contributed by atoms with van der Waals surface area (Å²) >= 11 is 0. The molecule has 1 fully saturated rings. The zero-order chi connectivity index (χ0) is 29.5. The first-order valence-corrected chi connectivity index (χ1v) is 16.6. The van der Waals surface area contributed by atoms with Crippen LogP contribution < -0.4 is 10.1 Å². The number of nitrogens with zero attached hydrogens (tertiary/aromatic N) is 2. The Balaban J connectivity index is 1.25. The number of amides is 1. The van der Waals surface area contributed by atoms with E-state index in [9.17, 15) is 13.2 Å². The molecule has 2 aliphatic rings. The lowest BCUT2D eigenvalue weighted by Gasteiger charge is -2.23. The van der Waals surface area contributed by atoms with E-state index < -0.39 is 10.0 Å². The van der Waals surface area contributed by atoms with Crippen molar-refractivity contribution in [3.63, 3.8) is 0 Å². The van der Waals surface area contributed by atoms with Gasteiger partial charge in [-0.15, -0.1) is 0 Å². The van der Waals surface area contributed by atoms with Gasteiger partial charge in [0.2, 0.25) is 10.0 Å². The highest BCUT2D eigenvalue weighted by Gasteiger charge is 2.24. The van der Waals surface area contributed by atoms with Crippen molar-refractivity contribution in [3.8, 4) is 5.75 Å². The molecular weight excluding hydrogens is 546 g/mol. The molecule has 224 valence electrons. The molecule has 0 unspecified atom stereocenters. The lowest BCUT2D eigenvalue weighted by molar-refractivity contribution is 0.0954. The summed E-state index contributed by atoms with van der Waals surface area (Å²) in [7, 11) is -0.424. The highest BCUT2D eigenvalue weighted by atomic mass is 32.2. The molecule has 42 heavy (non-hydrogen) atoms. The number of hydrogen-bond acceptors (Lipinski definition) is 5. The number of sulfonamides is 1. The number of carbonyl (C=O) groups excluding carboxylic acids is 1. The normalized spacial score (nSPS) is 16.7. The minimum atomic E-state index is -3.46. The maximum atomic E-state index is 13.1. The number of hydrogen-bond donors (Lipinski definition) is 1. The van der Waals surface area contributed by atoms with Crippen molar-refractivity contribution in [1.82, 2.24) is 14.5 Å². The molecule has 3 aromatic rings. The Bertz CT molecular complexity index is 1470. The second-order valence-corrected chi connectivity index (χ2v) is 14.0. The van der Waals surface area contributed by atoms with E-state index in [4.69, 9.17) is 4.74 Å². The van der Waals surface area contributed by atoms with Gasteiger partial charge in [0, 0.05) is 45.7 Å². The van der Waals surface area contributed by atoms with Gasteiger partial charge >= 0.3 is 0 Å². The van der Waals surface area contributed by atoms with Crippen LogP contribution in [0.4, 0.5) is 0 Å². The molecule has 8 heteroatoms. The van der Waals surface area contributed by atoms with Crippen LogP contribution in [0.3, 0.4) is 0 Å². The summed E-state index contributed by atoms with van der Waals surface area (Å²) in [6.45, 7) is 4.46. The van der Waals surface area contributed by atoms with Crippen molar-refractivity contribution in [1.29, 1.82) is 0 Å². The van der Waals surface area contributed by atoms with Crippen LogP contribution in [0.25, 0.3) is 0 Å². The minimum absolute atomic E-state index is 0.131. The summed E-state index contributed by atoms with van der Waals surface area (Å²) in [5, 5.41) is 3.02. The van der Waals surface area contributed by atoms with Crippen molar-refractivity contribution in [3.05, 3.63) is 94.5 Å². The van der Waals surface area contributed by atoms with Crippen LogP contribution in [-0.4, -0.2) is 63.9 Å². The van der Waals surface area contributed by atoms with Crippen LogP contribution in [0.15, 0.2) is 71.6 Å². The average molecular weight is 590 g/mol. The predicted molar refractivity (Wildman–Crippen MR) is 166 cm³/mol. The standard InChI is InChI=1S/C34H43N3O4S/c1-36(2)42(39,40)32-14-11-26(12-15-32)17-18-35-34(38)30-13-16-33-31(23-30)22-28-7-6-8-29(21-28)25-37(24-27-9-10-27)19-4-3-5-20-41-33/h6-8,11-16,21,23,27H,3-5,9-10,17-20,22,24-25H2,1-2H3,(H,35,38). The van der Waals surface area contributed by atoms with Crippen LogP contribution in [0.2, 0.25) is 0 Å². The van der Waals surface area contributed by atoms with Gasteiger partial charge in [0.25, 0.3) is 5.91 Å². The smallest absolute Gasteiger partial charge is 0.251 e. The fourth-order valence-corrected chi connectivity index (χ4v) is 6.38. The first-order valence-electron chi connectivity index (χ1n) is 15.1. The van der Waals surface area contributed by atoms with Crippen LogP contribution in [0.1, 0.15) is 64.7 Å². The highest BCUT2D eigenvalue weighted by Crippen LogP contribution is 2.31. The third-order valence-corrected chi connectivity index (χ3v) is 9.93. The molecule has 0 spiro atoms. The summed E-state index contributed by atoms with van der Waals surface area (Å²) in [6.07, 6.45) is 7.39. The van der Waals surface area contributed by atoms with Gasteiger partial charge in [0.1, 0.15) is 5.75 Å².